The zero-order valence-corrected chi connectivity index (χ0v) is 12.7. The maximum Gasteiger partial charge on any atom is 0.224 e. The maximum absolute atomic E-state index is 11.8. The van der Waals surface area contributed by atoms with Crippen LogP contribution in [-0.2, 0) is 11.3 Å². The first-order chi connectivity index (χ1) is 8.77. The molecule has 0 atom stereocenters. The molecule has 1 aromatic rings. The first-order valence-electron chi connectivity index (χ1n) is 6.86. The normalized spacial score (nSPS) is 9.79. The number of para-hydroxylation sites is 1. The number of hydrogen-bond acceptors (Lipinski definition) is 2. The topological polar surface area (TPSA) is 41.1 Å². The third-order valence-corrected chi connectivity index (χ3v) is 2.86. The van der Waals surface area contributed by atoms with Crippen LogP contribution in [0.4, 0.5) is 5.69 Å². The highest BCUT2D eigenvalue weighted by atomic mass is 35.5. The summed E-state index contributed by atoms with van der Waals surface area (Å²) in [6.07, 6.45) is 3.85. The summed E-state index contributed by atoms with van der Waals surface area (Å²) >= 11 is 0. The Hall–Kier alpha value is -1.06. The summed E-state index contributed by atoms with van der Waals surface area (Å²) in [6.45, 7) is 5.94. The molecule has 0 unspecified atom stereocenters. The Morgan fingerprint density at radius 2 is 1.89 bits per heavy atom. The third-order valence-electron chi connectivity index (χ3n) is 2.86. The summed E-state index contributed by atoms with van der Waals surface area (Å²) in [5.41, 5.74) is 2.07. The molecule has 108 valence electrons. The Morgan fingerprint density at radius 3 is 2.58 bits per heavy atom. The molecule has 0 spiro atoms. The van der Waals surface area contributed by atoms with E-state index in [0.717, 1.165) is 43.6 Å². The van der Waals surface area contributed by atoms with Crippen LogP contribution in [0.5, 0.6) is 0 Å². The highest BCUT2D eigenvalue weighted by molar-refractivity contribution is 5.91. The van der Waals surface area contributed by atoms with E-state index in [9.17, 15) is 4.79 Å². The van der Waals surface area contributed by atoms with Gasteiger partial charge in [-0.2, -0.15) is 0 Å². The zero-order chi connectivity index (χ0) is 13.2. The minimum absolute atomic E-state index is 0. The molecule has 0 fully saturated rings. The summed E-state index contributed by atoms with van der Waals surface area (Å²) in [4.78, 5) is 11.8. The number of benzene rings is 1. The van der Waals surface area contributed by atoms with Gasteiger partial charge in [-0.05, 0) is 24.6 Å². The molecule has 1 amide bonds. The van der Waals surface area contributed by atoms with E-state index in [4.69, 9.17) is 0 Å². The summed E-state index contributed by atoms with van der Waals surface area (Å²) in [5, 5.41) is 6.28. The Balaban J connectivity index is 0.00000324. The number of unbranched alkanes of at least 4 members (excludes halogenated alkanes) is 2. The van der Waals surface area contributed by atoms with Crippen molar-refractivity contribution in [1.29, 1.82) is 0 Å². The highest BCUT2D eigenvalue weighted by Gasteiger charge is 2.05. The molecular formula is C15H25ClN2O. The zero-order valence-electron chi connectivity index (χ0n) is 11.9. The number of rotatable bonds is 8. The van der Waals surface area contributed by atoms with Crippen molar-refractivity contribution in [1.82, 2.24) is 5.32 Å². The van der Waals surface area contributed by atoms with Crippen molar-refractivity contribution in [2.75, 3.05) is 11.9 Å². The third kappa shape index (κ3) is 7.19. The fourth-order valence-corrected chi connectivity index (χ4v) is 1.80. The molecular weight excluding hydrogens is 260 g/mol. The monoisotopic (exact) mass is 284 g/mol. The van der Waals surface area contributed by atoms with Crippen LogP contribution in [0.25, 0.3) is 0 Å². The van der Waals surface area contributed by atoms with Crippen LogP contribution >= 0.6 is 12.4 Å². The first kappa shape index (κ1) is 17.9. The maximum atomic E-state index is 11.8. The van der Waals surface area contributed by atoms with Gasteiger partial charge in [0, 0.05) is 18.7 Å². The number of anilines is 1. The highest BCUT2D eigenvalue weighted by Crippen LogP contribution is 2.15. The molecule has 2 N–H and O–H groups in total. The standard InChI is InChI=1S/C15H24N2O.ClH/c1-3-5-6-11-15(18)17-14-10-8-7-9-13(14)12-16-4-2;/h7-10,16H,3-6,11-12H2,1-2H3,(H,17,18);1H. The number of amides is 1. The molecule has 1 rings (SSSR count). The minimum atomic E-state index is 0. The molecule has 3 nitrogen and oxygen atoms in total. The molecule has 0 aliphatic carbocycles. The molecule has 0 aliphatic rings. The van der Waals surface area contributed by atoms with Gasteiger partial charge in [-0.15, -0.1) is 12.4 Å². The quantitative estimate of drug-likeness (QED) is 0.714. The van der Waals surface area contributed by atoms with E-state index in [1.807, 2.05) is 24.3 Å². The number of halogens is 1. The molecule has 4 heteroatoms. The van der Waals surface area contributed by atoms with Crippen molar-refractivity contribution < 1.29 is 4.79 Å². The Kier molecular flexibility index (Phi) is 10.2. The summed E-state index contributed by atoms with van der Waals surface area (Å²) < 4.78 is 0. The lowest BCUT2D eigenvalue weighted by molar-refractivity contribution is -0.116. The van der Waals surface area contributed by atoms with E-state index >= 15 is 0 Å². The summed E-state index contributed by atoms with van der Waals surface area (Å²) in [5.74, 6) is 0.118. The van der Waals surface area contributed by atoms with E-state index in [0.29, 0.717) is 6.42 Å². The van der Waals surface area contributed by atoms with Crippen LogP contribution in [-0.4, -0.2) is 12.5 Å². The van der Waals surface area contributed by atoms with Crippen LogP contribution in [0.1, 0.15) is 45.1 Å². The summed E-state index contributed by atoms with van der Waals surface area (Å²) in [6, 6.07) is 7.96. The Bertz CT molecular complexity index is 369. The van der Waals surface area contributed by atoms with Crippen molar-refractivity contribution in [2.45, 2.75) is 46.1 Å². The van der Waals surface area contributed by atoms with Crippen molar-refractivity contribution in [2.24, 2.45) is 0 Å². The van der Waals surface area contributed by atoms with Gasteiger partial charge in [0.05, 0.1) is 0 Å². The van der Waals surface area contributed by atoms with Crippen LogP contribution in [0.2, 0.25) is 0 Å². The van der Waals surface area contributed by atoms with E-state index in [2.05, 4.69) is 24.5 Å². The van der Waals surface area contributed by atoms with Gasteiger partial charge in [-0.25, -0.2) is 0 Å². The fourth-order valence-electron chi connectivity index (χ4n) is 1.80. The predicted octanol–water partition coefficient (Wildman–Crippen LogP) is 3.74. The van der Waals surface area contributed by atoms with Gasteiger partial charge in [-0.1, -0.05) is 44.9 Å². The number of hydrogen-bond donors (Lipinski definition) is 2. The molecule has 0 aliphatic heterocycles. The number of nitrogens with one attached hydrogen (secondary N) is 2. The lowest BCUT2D eigenvalue weighted by Gasteiger charge is -2.11. The average molecular weight is 285 g/mol. The average Bonchev–Trinajstić information content (AvgIpc) is 2.38. The number of carbonyl (C=O) groups excluding carboxylic acids is 1. The Morgan fingerprint density at radius 1 is 1.16 bits per heavy atom. The van der Waals surface area contributed by atoms with E-state index < -0.39 is 0 Å². The van der Waals surface area contributed by atoms with Gasteiger partial charge in [0.15, 0.2) is 0 Å². The van der Waals surface area contributed by atoms with Crippen molar-refractivity contribution in [3.8, 4) is 0 Å². The van der Waals surface area contributed by atoms with Gasteiger partial charge in [0.1, 0.15) is 0 Å². The van der Waals surface area contributed by atoms with Gasteiger partial charge < -0.3 is 10.6 Å². The van der Waals surface area contributed by atoms with Crippen molar-refractivity contribution in [3.63, 3.8) is 0 Å². The first-order valence-corrected chi connectivity index (χ1v) is 6.86. The predicted molar refractivity (Wildman–Crippen MR) is 83.8 cm³/mol. The fraction of sp³-hybridized carbons (Fsp3) is 0.533. The Labute approximate surface area is 122 Å². The van der Waals surface area contributed by atoms with E-state index in [1.54, 1.807) is 0 Å². The van der Waals surface area contributed by atoms with E-state index in [1.165, 1.54) is 0 Å². The van der Waals surface area contributed by atoms with Crippen molar-refractivity contribution >= 4 is 24.0 Å². The number of carbonyl (C=O) groups is 1. The molecule has 0 radical (unpaired) electrons. The molecule has 19 heavy (non-hydrogen) atoms. The molecule has 0 saturated heterocycles. The molecule has 0 saturated carbocycles. The second kappa shape index (κ2) is 10.8. The van der Waals surface area contributed by atoms with Crippen LogP contribution in [0.3, 0.4) is 0 Å². The molecule has 0 heterocycles. The second-order valence-corrected chi connectivity index (χ2v) is 4.44. The largest absolute Gasteiger partial charge is 0.326 e. The lowest BCUT2D eigenvalue weighted by atomic mass is 10.1. The van der Waals surface area contributed by atoms with Gasteiger partial charge >= 0.3 is 0 Å². The molecule has 0 aromatic heterocycles. The minimum Gasteiger partial charge on any atom is -0.326 e. The van der Waals surface area contributed by atoms with Crippen LogP contribution in [0, 0.1) is 0 Å². The SMILES string of the molecule is CCCCCC(=O)Nc1ccccc1CNCC.Cl. The van der Waals surface area contributed by atoms with E-state index in [-0.39, 0.29) is 18.3 Å². The lowest BCUT2D eigenvalue weighted by Crippen LogP contribution is -2.16. The van der Waals surface area contributed by atoms with Crippen LogP contribution in [0.15, 0.2) is 24.3 Å². The van der Waals surface area contributed by atoms with Gasteiger partial charge in [0.25, 0.3) is 0 Å². The van der Waals surface area contributed by atoms with Crippen LogP contribution < -0.4 is 10.6 Å². The molecule has 0 bridgehead atoms. The smallest absolute Gasteiger partial charge is 0.224 e. The molecule has 1 aromatic carbocycles. The summed E-state index contributed by atoms with van der Waals surface area (Å²) in [7, 11) is 0. The van der Waals surface area contributed by atoms with Gasteiger partial charge in [-0.3, -0.25) is 4.79 Å². The van der Waals surface area contributed by atoms with Gasteiger partial charge in [0.2, 0.25) is 5.91 Å². The van der Waals surface area contributed by atoms with Crippen molar-refractivity contribution in [3.05, 3.63) is 29.8 Å². The second-order valence-electron chi connectivity index (χ2n) is 4.44.